The third kappa shape index (κ3) is 5.54. The molecule has 5 nitrogen and oxygen atoms in total. The van der Waals surface area contributed by atoms with E-state index in [2.05, 4.69) is 22.3 Å². The number of benzene rings is 4. The van der Waals surface area contributed by atoms with Gasteiger partial charge in [-0.15, -0.1) is 10.2 Å². The lowest BCUT2D eigenvalue weighted by Crippen LogP contribution is -1.82. The van der Waals surface area contributed by atoms with Gasteiger partial charge in [-0.05, 0) is 70.8 Å². The van der Waals surface area contributed by atoms with Gasteiger partial charge < -0.3 is 15.9 Å². The van der Waals surface area contributed by atoms with E-state index in [4.69, 9.17) is 15.9 Å². The number of anilines is 2. The van der Waals surface area contributed by atoms with Crippen molar-refractivity contribution in [2.45, 2.75) is 0 Å². The number of rotatable bonds is 6. The highest BCUT2D eigenvalue weighted by atomic mass is 16.4. The average Bonchev–Trinajstić information content (AvgIpc) is 3.39. The highest BCUT2D eigenvalue weighted by Crippen LogP contribution is 2.25. The Kier molecular flexibility index (Phi) is 6.22. The number of nitrogen functional groups attached to an aromatic ring is 2. The molecule has 0 saturated heterocycles. The van der Waals surface area contributed by atoms with Crippen molar-refractivity contribution in [3.63, 3.8) is 0 Å². The van der Waals surface area contributed by atoms with E-state index in [1.807, 2.05) is 109 Å². The van der Waals surface area contributed by atoms with E-state index >= 15 is 0 Å². The molecule has 0 aliphatic heterocycles. The molecule has 35 heavy (non-hydrogen) atoms. The van der Waals surface area contributed by atoms with Gasteiger partial charge in [-0.2, -0.15) is 0 Å². The lowest BCUT2D eigenvalue weighted by atomic mass is 10.1. The predicted octanol–water partition coefficient (Wildman–Crippen LogP) is 6.91. The number of nitrogens with zero attached hydrogens (tertiary/aromatic N) is 2. The molecule has 1 aromatic heterocycles. The van der Waals surface area contributed by atoms with E-state index in [0.717, 1.165) is 44.8 Å². The molecule has 0 aliphatic rings. The fourth-order valence-electron chi connectivity index (χ4n) is 3.53. The summed E-state index contributed by atoms with van der Waals surface area (Å²) in [6.45, 7) is 0. The summed E-state index contributed by atoms with van der Waals surface area (Å²) in [4.78, 5) is 0. The first-order chi connectivity index (χ1) is 17.1. The van der Waals surface area contributed by atoms with Crippen LogP contribution in [0.1, 0.15) is 22.3 Å². The summed E-state index contributed by atoms with van der Waals surface area (Å²) in [6.07, 6.45) is 8.21. The average molecular weight is 457 g/mol. The Hall–Kier alpha value is -4.90. The zero-order chi connectivity index (χ0) is 24.0. The molecule has 1 heterocycles. The molecule has 0 spiro atoms. The monoisotopic (exact) mass is 456 g/mol. The summed E-state index contributed by atoms with van der Waals surface area (Å²) in [5.41, 5.74) is 19.1. The molecule has 5 rings (SSSR count). The molecule has 4 aromatic carbocycles. The molecule has 0 fully saturated rings. The molecule has 0 bridgehead atoms. The molecule has 5 heteroatoms. The van der Waals surface area contributed by atoms with E-state index in [0.29, 0.717) is 11.8 Å². The lowest BCUT2D eigenvalue weighted by Gasteiger charge is -1.99. The molecule has 0 amide bonds. The first kappa shape index (κ1) is 21.9. The van der Waals surface area contributed by atoms with Crippen molar-refractivity contribution >= 4 is 35.7 Å². The van der Waals surface area contributed by atoms with Gasteiger partial charge in [0.15, 0.2) is 0 Å². The molecule has 5 aromatic rings. The Bertz CT molecular complexity index is 1350. The normalized spacial score (nSPS) is 11.4. The topological polar surface area (TPSA) is 91.0 Å². The summed E-state index contributed by atoms with van der Waals surface area (Å²) >= 11 is 0. The molecule has 0 saturated carbocycles. The summed E-state index contributed by atoms with van der Waals surface area (Å²) < 4.78 is 5.93. The first-order valence-corrected chi connectivity index (χ1v) is 11.2. The van der Waals surface area contributed by atoms with E-state index in [9.17, 15) is 0 Å². The van der Waals surface area contributed by atoms with Crippen molar-refractivity contribution in [3.8, 4) is 22.9 Å². The summed E-state index contributed by atoms with van der Waals surface area (Å²) in [6, 6.07) is 31.5. The van der Waals surface area contributed by atoms with Crippen molar-refractivity contribution in [3.05, 3.63) is 119 Å². The van der Waals surface area contributed by atoms with Crippen LogP contribution in [0.3, 0.4) is 0 Å². The van der Waals surface area contributed by atoms with Crippen LogP contribution >= 0.6 is 0 Å². The van der Waals surface area contributed by atoms with Crippen molar-refractivity contribution < 1.29 is 4.42 Å². The Morgan fingerprint density at radius 3 is 1.03 bits per heavy atom. The van der Waals surface area contributed by atoms with Crippen molar-refractivity contribution in [2.24, 2.45) is 0 Å². The molecule has 4 N–H and O–H groups in total. The van der Waals surface area contributed by atoms with Gasteiger partial charge in [0.1, 0.15) is 0 Å². The second-order valence-corrected chi connectivity index (χ2v) is 8.16. The zero-order valence-corrected chi connectivity index (χ0v) is 19.0. The predicted molar refractivity (Wildman–Crippen MR) is 145 cm³/mol. The van der Waals surface area contributed by atoms with Crippen LogP contribution in [0.5, 0.6) is 0 Å². The van der Waals surface area contributed by atoms with Gasteiger partial charge >= 0.3 is 0 Å². The number of aromatic nitrogens is 2. The molecule has 0 unspecified atom stereocenters. The second-order valence-electron chi connectivity index (χ2n) is 8.16. The smallest absolute Gasteiger partial charge is 0.248 e. The first-order valence-electron chi connectivity index (χ1n) is 11.2. The quantitative estimate of drug-likeness (QED) is 0.214. The van der Waals surface area contributed by atoms with E-state index in [1.54, 1.807) is 0 Å². The van der Waals surface area contributed by atoms with Gasteiger partial charge in [-0.25, -0.2) is 0 Å². The van der Waals surface area contributed by atoms with Gasteiger partial charge in [-0.3, -0.25) is 0 Å². The zero-order valence-electron chi connectivity index (χ0n) is 19.0. The third-order valence-corrected chi connectivity index (χ3v) is 5.55. The van der Waals surface area contributed by atoms with Crippen LogP contribution in [-0.4, -0.2) is 10.2 Å². The molecule has 170 valence electrons. The van der Waals surface area contributed by atoms with Gasteiger partial charge in [0, 0.05) is 22.5 Å². The largest absolute Gasteiger partial charge is 0.416 e. The van der Waals surface area contributed by atoms with Gasteiger partial charge in [0.05, 0.1) is 0 Å². The Labute approximate surface area is 204 Å². The Balaban J connectivity index is 1.25. The second kappa shape index (κ2) is 9.93. The van der Waals surface area contributed by atoms with Crippen LogP contribution in [0.2, 0.25) is 0 Å². The minimum absolute atomic E-state index is 0.487. The number of hydrogen-bond donors (Lipinski definition) is 2. The van der Waals surface area contributed by atoms with Crippen LogP contribution in [0.15, 0.2) is 101 Å². The SMILES string of the molecule is Nc1ccc(C=Cc2ccc(-c3nnc(-c4ccc(C=Cc5ccc(N)cc5)cc4)o3)cc2)cc1. The van der Waals surface area contributed by atoms with Crippen LogP contribution in [0, 0.1) is 0 Å². The Morgan fingerprint density at radius 1 is 0.429 bits per heavy atom. The summed E-state index contributed by atoms with van der Waals surface area (Å²) in [5, 5.41) is 8.46. The fourth-order valence-corrected chi connectivity index (χ4v) is 3.53. The summed E-state index contributed by atoms with van der Waals surface area (Å²) in [7, 11) is 0. The molecule has 0 radical (unpaired) electrons. The highest BCUT2D eigenvalue weighted by Gasteiger charge is 2.10. The van der Waals surface area contributed by atoms with Gasteiger partial charge in [0.25, 0.3) is 0 Å². The minimum atomic E-state index is 0.487. The summed E-state index contributed by atoms with van der Waals surface area (Å²) in [5.74, 6) is 0.975. The molecule has 0 atom stereocenters. The minimum Gasteiger partial charge on any atom is -0.416 e. The Morgan fingerprint density at radius 2 is 0.714 bits per heavy atom. The van der Waals surface area contributed by atoms with Crippen LogP contribution < -0.4 is 11.5 Å². The van der Waals surface area contributed by atoms with Crippen LogP contribution in [0.25, 0.3) is 47.2 Å². The standard InChI is InChI=1S/C30H24N4O/c31-27-17-9-23(10-18-27)3-1-21-5-13-25(14-6-21)29-33-34-30(35-29)26-15-7-22(8-16-26)2-4-24-11-19-28(32)20-12-24/h1-20H,31-32H2. The van der Waals surface area contributed by atoms with Gasteiger partial charge in [-0.1, -0.05) is 72.8 Å². The maximum atomic E-state index is 5.93. The van der Waals surface area contributed by atoms with E-state index < -0.39 is 0 Å². The van der Waals surface area contributed by atoms with Crippen molar-refractivity contribution in [1.29, 1.82) is 0 Å². The van der Waals surface area contributed by atoms with E-state index in [1.165, 1.54) is 0 Å². The number of hydrogen-bond acceptors (Lipinski definition) is 5. The van der Waals surface area contributed by atoms with Gasteiger partial charge in [0.2, 0.25) is 11.8 Å². The molecular weight excluding hydrogens is 432 g/mol. The van der Waals surface area contributed by atoms with Crippen molar-refractivity contribution in [1.82, 2.24) is 10.2 Å². The van der Waals surface area contributed by atoms with Crippen molar-refractivity contribution in [2.75, 3.05) is 11.5 Å². The number of nitrogens with two attached hydrogens (primary N) is 2. The van der Waals surface area contributed by atoms with E-state index in [-0.39, 0.29) is 0 Å². The molecule has 0 aliphatic carbocycles. The van der Waals surface area contributed by atoms with Crippen LogP contribution in [-0.2, 0) is 0 Å². The maximum absolute atomic E-state index is 5.93. The fraction of sp³-hybridized carbons (Fsp3) is 0. The molecular formula is C30H24N4O. The highest BCUT2D eigenvalue weighted by molar-refractivity contribution is 5.73. The lowest BCUT2D eigenvalue weighted by molar-refractivity contribution is 0.584. The van der Waals surface area contributed by atoms with Crippen LogP contribution in [0.4, 0.5) is 11.4 Å². The third-order valence-electron chi connectivity index (χ3n) is 5.55. The maximum Gasteiger partial charge on any atom is 0.248 e.